The molecule has 3 N–H and O–H groups in total. The molecule has 1 fully saturated rings. The van der Waals surface area contributed by atoms with E-state index in [9.17, 15) is 9.90 Å². The highest BCUT2D eigenvalue weighted by Gasteiger charge is 2.33. The number of benzene rings is 1. The number of hydrogen-bond acceptors (Lipinski definition) is 8. The van der Waals surface area contributed by atoms with Crippen molar-refractivity contribution in [1.82, 2.24) is 29.5 Å². The van der Waals surface area contributed by atoms with E-state index in [4.69, 9.17) is 10.2 Å². The number of hydrogen-bond donors (Lipinski definition) is 3. The van der Waals surface area contributed by atoms with Crippen molar-refractivity contribution in [3.63, 3.8) is 0 Å². The standard InChI is InChI=1S/C25H26N6O2.C5H11NO/c1-4-19-24-20(27-25(33)22-15-29(3)23-13-18(32)11-12-30(22)23)9-6-10-21(24)31(28-19)14-17-8-5-7-16(2)26-17;1-6-3-2-5(7)4-6/h5-13,15,23,32H,4,14H2,1-3H3,(H,27,33);5,7H,2-4H2,1H3. The topological polar surface area (TPSA) is 110 Å². The first-order valence-corrected chi connectivity index (χ1v) is 13.6. The van der Waals surface area contributed by atoms with Crippen LogP contribution >= 0.6 is 0 Å². The Morgan fingerprint density at radius 2 is 1.98 bits per heavy atom. The Labute approximate surface area is 234 Å². The molecule has 0 bridgehead atoms. The van der Waals surface area contributed by atoms with E-state index in [1.807, 2.05) is 71.9 Å². The Morgan fingerprint density at radius 1 is 1.18 bits per heavy atom. The summed E-state index contributed by atoms with van der Waals surface area (Å²) < 4.78 is 1.95. The molecule has 1 aromatic carbocycles. The van der Waals surface area contributed by atoms with Crippen LogP contribution in [-0.2, 0) is 17.8 Å². The molecule has 1 saturated heterocycles. The second kappa shape index (κ2) is 11.5. The van der Waals surface area contributed by atoms with Crippen LogP contribution in [0.15, 0.2) is 72.4 Å². The number of nitrogens with zero attached hydrogens (tertiary/aromatic N) is 6. The zero-order chi connectivity index (χ0) is 28.4. The number of likely N-dealkylation sites (N-methyl/N-ethyl adjacent to an activating group) is 2. The number of carbonyl (C=O) groups excluding carboxylic acids is 1. The number of pyridine rings is 1. The van der Waals surface area contributed by atoms with Crippen molar-refractivity contribution in [1.29, 1.82) is 0 Å². The number of allylic oxidation sites excluding steroid dienone is 1. The molecule has 0 saturated carbocycles. The summed E-state index contributed by atoms with van der Waals surface area (Å²) in [5, 5.41) is 27.5. The number of β-amino-alcohol motifs (C(OH)–C–C–N with tert-alkyl or cyclic N) is 1. The number of amides is 1. The van der Waals surface area contributed by atoms with Gasteiger partial charge in [0.15, 0.2) is 0 Å². The summed E-state index contributed by atoms with van der Waals surface area (Å²) in [4.78, 5) is 23.7. The highest BCUT2D eigenvalue weighted by molar-refractivity contribution is 6.09. The van der Waals surface area contributed by atoms with Crippen LogP contribution in [0.3, 0.4) is 0 Å². The lowest BCUT2D eigenvalue weighted by atomic mass is 10.1. The molecule has 3 aliphatic heterocycles. The third-order valence-electron chi connectivity index (χ3n) is 7.32. The molecule has 2 unspecified atom stereocenters. The van der Waals surface area contributed by atoms with Crippen LogP contribution in [0.4, 0.5) is 5.69 Å². The molecule has 3 aromatic rings. The van der Waals surface area contributed by atoms with Gasteiger partial charge in [0, 0.05) is 49.7 Å². The SMILES string of the molecule is CCc1nn(Cc2cccc(C)n2)c2cccc(NC(=O)C3=CN(C)C4C=C(O)C=CN34)c12.CN1CCC(O)C1. The summed E-state index contributed by atoms with van der Waals surface area (Å²) in [6.07, 6.45) is 8.21. The fourth-order valence-electron chi connectivity index (χ4n) is 5.30. The first-order valence-electron chi connectivity index (χ1n) is 13.6. The molecule has 3 aliphatic rings. The van der Waals surface area contributed by atoms with Crippen LogP contribution in [0.25, 0.3) is 10.9 Å². The van der Waals surface area contributed by atoms with Crippen molar-refractivity contribution in [3.8, 4) is 0 Å². The number of rotatable bonds is 5. The fraction of sp³-hybridized carbons (Fsp3) is 0.367. The normalized spacial score (nSPS) is 20.2. The van der Waals surface area contributed by atoms with Gasteiger partial charge in [-0.2, -0.15) is 5.10 Å². The van der Waals surface area contributed by atoms with E-state index in [0.717, 1.165) is 59.6 Å². The molecule has 2 aromatic heterocycles. The average Bonchev–Trinajstić information content (AvgIpc) is 3.59. The largest absolute Gasteiger partial charge is 0.508 e. The number of nitrogens with one attached hydrogen (secondary N) is 1. The van der Waals surface area contributed by atoms with Crippen molar-refractivity contribution >= 4 is 22.5 Å². The van der Waals surface area contributed by atoms with Crippen LogP contribution in [0.1, 0.15) is 30.4 Å². The van der Waals surface area contributed by atoms with Crippen LogP contribution in [-0.4, -0.2) is 85.0 Å². The molecule has 0 radical (unpaired) electrons. The lowest BCUT2D eigenvalue weighted by Gasteiger charge is -2.29. The molecule has 2 atom stereocenters. The summed E-state index contributed by atoms with van der Waals surface area (Å²) >= 11 is 0. The number of aromatic nitrogens is 3. The fourth-order valence-corrected chi connectivity index (χ4v) is 5.30. The summed E-state index contributed by atoms with van der Waals surface area (Å²) in [7, 11) is 3.90. The van der Waals surface area contributed by atoms with Crippen molar-refractivity contribution in [3.05, 3.63) is 89.5 Å². The predicted octanol–water partition coefficient (Wildman–Crippen LogP) is 3.36. The zero-order valence-corrected chi connectivity index (χ0v) is 23.4. The first-order chi connectivity index (χ1) is 19.2. The Balaban J connectivity index is 0.000000403. The van der Waals surface area contributed by atoms with Crippen molar-refractivity contribution in [2.24, 2.45) is 0 Å². The summed E-state index contributed by atoms with van der Waals surface area (Å²) in [5.74, 6) is -0.0301. The summed E-state index contributed by atoms with van der Waals surface area (Å²) in [5.41, 5.74) is 5.02. The van der Waals surface area contributed by atoms with Gasteiger partial charge in [0.25, 0.3) is 5.91 Å². The third kappa shape index (κ3) is 5.73. The highest BCUT2D eigenvalue weighted by atomic mass is 16.3. The van der Waals surface area contributed by atoms with Crippen molar-refractivity contribution in [2.75, 3.05) is 32.5 Å². The molecule has 1 amide bonds. The Hall–Kier alpha value is -4.15. The molecule has 0 aliphatic carbocycles. The quantitative estimate of drug-likeness (QED) is 0.450. The van der Waals surface area contributed by atoms with Crippen LogP contribution in [0, 0.1) is 6.92 Å². The predicted molar refractivity (Wildman–Crippen MR) is 155 cm³/mol. The van der Waals surface area contributed by atoms with E-state index < -0.39 is 0 Å². The minimum Gasteiger partial charge on any atom is -0.508 e. The molecule has 40 heavy (non-hydrogen) atoms. The number of anilines is 1. The number of aliphatic hydroxyl groups excluding tert-OH is 2. The Morgan fingerprint density at radius 3 is 2.65 bits per heavy atom. The molecule has 10 nitrogen and oxygen atoms in total. The van der Waals surface area contributed by atoms with Crippen LogP contribution in [0.2, 0.25) is 0 Å². The van der Waals surface area contributed by atoms with Gasteiger partial charge in [-0.25, -0.2) is 0 Å². The lowest BCUT2D eigenvalue weighted by molar-refractivity contribution is -0.114. The smallest absolute Gasteiger partial charge is 0.273 e. The second-order valence-electron chi connectivity index (χ2n) is 10.5. The Bertz CT molecular complexity index is 1480. The van der Waals surface area contributed by atoms with Gasteiger partial charge in [-0.3, -0.25) is 14.5 Å². The molecule has 10 heteroatoms. The molecule has 210 valence electrons. The van der Waals surface area contributed by atoms with E-state index in [1.165, 1.54) is 0 Å². The first kappa shape index (κ1) is 27.4. The van der Waals surface area contributed by atoms with Gasteiger partial charge in [0.2, 0.25) is 0 Å². The van der Waals surface area contributed by atoms with Crippen LogP contribution < -0.4 is 5.32 Å². The van der Waals surface area contributed by atoms with E-state index in [0.29, 0.717) is 12.2 Å². The minimum atomic E-state index is -0.220. The second-order valence-corrected chi connectivity index (χ2v) is 10.5. The van der Waals surface area contributed by atoms with E-state index >= 15 is 0 Å². The molecular formula is C30H37N7O3. The molecule has 5 heterocycles. The molecule has 6 rings (SSSR count). The van der Waals surface area contributed by atoms with Gasteiger partial charge < -0.3 is 30.2 Å². The van der Waals surface area contributed by atoms with Crippen LogP contribution in [0.5, 0.6) is 0 Å². The van der Waals surface area contributed by atoms with Gasteiger partial charge in [-0.05, 0) is 57.2 Å². The van der Waals surface area contributed by atoms with Gasteiger partial charge >= 0.3 is 0 Å². The van der Waals surface area contributed by atoms with E-state index in [-0.39, 0.29) is 23.9 Å². The number of aryl methyl sites for hydroxylation is 2. The van der Waals surface area contributed by atoms with E-state index in [2.05, 4.69) is 22.1 Å². The molecular weight excluding hydrogens is 506 g/mol. The number of likely N-dealkylation sites (tertiary alicyclic amines) is 1. The number of aliphatic hydroxyl groups is 2. The Kier molecular flexibility index (Phi) is 7.90. The number of carbonyl (C=O) groups is 1. The van der Waals surface area contributed by atoms with Crippen molar-refractivity contribution in [2.45, 2.75) is 45.5 Å². The monoisotopic (exact) mass is 543 g/mol. The number of fused-ring (bicyclic) bond motifs is 2. The maximum absolute atomic E-state index is 13.3. The summed E-state index contributed by atoms with van der Waals surface area (Å²) in [6, 6.07) is 11.8. The third-order valence-corrected chi connectivity index (χ3v) is 7.32. The lowest BCUT2D eigenvalue weighted by Crippen LogP contribution is -2.36. The van der Waals surface area contributed by atoms with Gasteiger partial charge in [-0.15, -0.1) is 0 Å². The maximum Gasteiger partial charge on any atom is 0.273 e. The highest BCUT2D eigenvalue weighted by Crippen LogP contribution is 2.31. The van der Waals surface area contributed by atoms with E-state index in [1.54, 1.807) is 24.6 Å². The maximum atomic E-state index is 13.3. The zero-order valence-electron chi connectivity index (χ0n) is 23.4. The summed E-state index contributed by atoms with van der Waals surface area (Å²) in [6.45, 7) is 6.51. The average molecular weight is 544 g/mol. The van der Waals surface area contributed by atoms with Gasteiger partial charge in [0.1, 0.15) is 17.6 Å². The minimum absolute atomic E-state index is 0.0509. The van der Waals surface area contributed by atoms with Crippen molar-refractivity contribution < 1.29 is 15.0 Å². The van der Waals surface area contributed by atoms with Gasteiger partial charge in [-0.1, -0.05) is 19.1 Å². The van der Waals surface area contributed by atoms with Gasteiger partial charge in [0.05, 0.1) is 35.2 Å². The molecule has 0 spiro atoms.